The number of rotatable bonds is 3. The topological polar surface area (TPSA) is 52.9 Å². The van der Waals surface area contributed by atoms with Crippen molar-refractivity contribution in [1.29, 1.82) is 5.26 Å². The number of nitrogens with zero attached hydrogens (tertiary/aromatic N) is 1. The molecule has 0 aromatic heterocycles. The summed E-state index contributed by atoms with van der Waals surface area (Å²) in [6, 6.07) is 7.33. The lowest BCUT2D eigenvalue weighted by molar-refractivity contribution is -0.119. The van der Waals surface area contributed by atoms with Crippen molar-refractivity contribution in [2.24, 2.45) is 11.8 Å². The highest BCUT2D eigenvalue weighted by molar-refractivity contribution is 14.1. The number of anilines is 1. The van der Waals surface area contributed by atoms with Gasteiger partial charge in [-0.1, -0.05) is 25.4 Å². The molecular weight excluding hydrogens is 351 g/mol. The SMILES string of the molecule is CC(C)C(C#N)C(=O)Nc1ccc(I)cc1Cl. The second-order valence-corrected chi connectivity index (χ2v) is 5.62. The molecule has 0 heterocycles. The van der Waals surface area contributed by atoms with Crippen molar-refractivity contribution in [1.82, 2.24) is 0 Å². The Hall–Kier alpha value is -0.800. The van der Waals surface area contributed by atoms with Gasteiger partial charge in [-0.2, -0.15) is 5.26 Å². The van der Waals surface area contributed by atoms with Gasteiger partial charge < -0.3 is 5.32 Å². The molecule has 0 saturated carbocycles. The van der Waals surface area contributed by atoms with Crippen molar-refractivity contribution in [3.63, 3.8) is 0 Å². The summed E-state index contributed by atoms with van der Waals surface area (Å²) in [4.78, 5) is 11.8. The minimum Gasteiger partial charge on any atom is -0.324 e. The number of nitrogens with one attached hydrogen (secondary N) is 1. The molecule has 0 aliphatic carbocycles. The first-order valence-corrected chi connectivity index (χ1v) is 6.57. The highest BCUT2D eigenvalue weighted by Gasteiger charge is 2.22. The average Bonchev–Trinajstić information content (AvgIpc) is 2.22. The molecule has 90 valence electrons. The third kappa shape index (κ3) is 3.86. The van der Waals surface area contributed by atoms with E-state index in [1.807, 2.05) is 26.0 Å². The lowest BCUT2D eigenvalue weighted by atomic mass is 9.96. The van der Waals surface area contributed by atoms with E-state index < -0.39 is 5.92 Å². The number of hydrogen-bond acceptors (Lipinski definition) is 2. The molecule has 5 heteroatoms. The van der Waals surface area contributed by atoms with Crippen LogP contribution in [0, 0.1) is 26.7 Å². The minimum atomic E-state index is -0.662. The van der Waals surface area contributed by atoms with Gasteiger partial charge in [0.2, 0.25) is 5.91 Å². The molecule has 1 N–H and O–H groups in total. The lowest BCUT2D eigenvalue weighted by Gasteiger charge is -2.14. The highest BCUT2D eigenvalue weighted by atomic mass is 127. The molecule has 0 saturated heterocycles. The van der Waals surface area contributed by atoms with Gasteiger partial charge in [-0.3, -0.25) is 4.79 Å². The van der Waals surface area contributed by atoms with Crippen molar-refractivity contribution in [2.75, 3.05) is 5.32 Å². The molecule has 1 amide bonds. The third-order valence-corrected chi connectivity index (χ3v) is 3.26. The van der Waals surface area contributed by atoms with Gasteiger partial charge >= 0.3 is 0 Å². The Kier molecular flexibility index (Phi) is 5.22. The monoisotopic (exact) mass is 362 g/mol. The van der Waals surface area contributed by atoms with Crippen LogP contribution in [-0.2, 0) is 4.79 Å². The molecule has 1 aromatic carbocycles. The van der Waals surface area contributed by atoms with Gasteiger partial charge in [0.1, 0.15) is 5.92 Å². The third-order valence-electron chi connectivity index (χ3n) is 2.28. The Balaban J connectivity index is 2.85. The van der Waals surface area contributed by atoms with E-state index in [-0.39, 0.29) is 11.8 Å². The van der Waals surface area contributed by atoms with E-state index in [0.29, 0.717) is 10.7 Å². The number of benzene rings is 1. The lowest BCUT2D eigenvalue weighted by Crippen LogP contribution is -2.25. The fourth-order valence-corrected chi connectivity index (χ4v) is 2.21. The first-order valence-electron chi connectivity index (χ1n) is 5.11. The van der Waals surface area contributed by atoms with Gasteiger partial charge in [-0.05, 0) is 46.7 Å². The molecule has 0 aliphatic rings. The van der Waals surface area contributed by atoms with Gasteiger partial charge in [0, 0.05) is 3.57 Å². The molecule has 0 aliphatic heterocycles. The van der Waals surface area contributed by atoms with Gasteiger partial charge in [-0.15, -0.1) is 0 Å². The molecule has 1 rings (SSSR count). The molecule has 1 atom stereocenters. The van der Waals surface area contributed by atoms with Crippen molar-refractivity contribution in [3.05, 3.63) is 26.8 Å². The molecule has 0 radical (unpaired) electrons. The van der Waals surface area contributed by atoms with Gasteiger partial charge in [0.05, 0.1) is 16.8 Å². The first kappa shape index (κ1) is 14.3. The maximum atomic E-state index is 11.8. The van der Waals surface area contributed by atoms with Crippen LogP contribution in [0.3, 0.4) is 0 Å². The van der Waals surface area contributed by atoms with Crippen molar-refractivity contribution >= 4 is 45.8 Å². The summed E-state index contributed by atoms with van der Waals surface area (Å²) in [7, 11) is 0. The van der Waals surface area contributed by atoms with E-state index in [4.69, 9.17) is 16.9 Å². The Bertz CT molecular complexity index is 468. The van der Waals surface area contributed by atoms with Crippen LogP contribution in [0.4, 0.5) is 5.69 Å². The maximum absolute atomic E-state index is 11.8. The van der Waals surface area contributed by atoms with Gasteiger partial charge in [-0.25, -0.2) is 0 Å². The molecule has 0 bridgehead atoms. The largest absolute Gasteiger partial charge is 0.324 e. The normalized spacial score (nSPS) is 12.0. The van der Waals surface area contributed by atoms with E-state index in [2.05, 4.69) is 27.9 Å². The highest BCUT2D eigenvalue weighted by Crippen LogP contribution is 2.25. The fourth-order valence-electron chi connectivity index (χ4n) is 1.31. The number of halogens is 2. The van der Waals surface area contributed by atoms with Crippen molar-refractivity contribution < 1.29 is 4.79 Å². The Morgan fingerprint density at radius 1 is 1.53 bits per heavy atom. The molecule has 3 nitrogen and oxygen atoms in total. The molecule has 0 fully saturated rings. The summed E-state index contributed by atoms with van der Waals surface area (Å²) in [5, 5.41) is 12.1. The zero-order chi connectivity index (χ0) is 13.0. The number of nitriles is 1. The number of amides is 1. The summed E-state index contributed by atoms with van der Waals surface area (Å²) in [5.74, 6) is -1.00. The second-order valence-electron chi connectivity index (χ2n) is 3.96. The van der Waals surface area contributed by atoms with Crippen molar-refractivity contribution in [2.45, 2.75) is 13.8 Å². The van der Waals surface area contributed by atoms with Crippen LogP contribution < -0.4 is 5.32 Å². The predicted molar refractivity (Wildman–Crippen MR) is 76.7 cm³/mol. The summed E-state index contributed by atoms with van der Waals surface area (Å²) >= 11 is 8.14. The van der Waals surface area contributed by atoms with Crippen LogP contribution in [0.15, 0.2) is 18.2 Å². The van der Waals surface area contributed by atoms with Crippen LogP contribution in [0.1, 0.15) is 13.8 Å². The zero-order valence-corrected chi connectivity index (χ0v) is 12.4. The van der Waals surface area contributed by atoms with E-state index in [9.17, 15) is 4.79 Å². The zero-order valence-electron chi connectivity index (χ0n) is 9.50. The van der Waals surface area contributed by atoms with Crippen LogP contribution in [0.25, 0.3) is 0 Å². The van der Waals surface area contributed by atoms with E-state index in [1.54, 1.807) is 12.1 Å². The Morgan fingerprint density at radius 3 is 2.65 bits per heavy atom. The van der Waals surface area contributed by atoms with Crippen molar-refractivity contribution in [3.8, 4) is 6.07 Å². The summed E-state index contributed by atoms with van der Waals surface area (Å²) in [6.45, 7) is 3.67. The predicted octanol–water partition coefficient (Wildman–Crippen LogP) is 3.68. The maximum Gasteiger partial charge on any atom is 0.242 e. The molecular formula is C12H12ClIN2O. The fraction of sp³-hybridized carbons (Fsp3) is 0.333. The summed E-state index contributed by atoms with van der Waals surface area (Å²) in [6.07, 6.45) is 0. The van der Waals surface area contributed by atoms with Crippen LogP contribution >= 0.6 is 34.2 Å². The first-order chi connectivity index (χ1) is 7.95. The van der Waals surface area contributed by atoms with Gasteiger partial charge in [0.25, 0.3) is 0 Å². The minimum absolute atomic E-state index is 0.0253. The Labute approximate surface area is 119 Å². The van der Waals surface area contributed by atoms with E-state index in [1.165, 1.54) is 0 Å². The quantitative estimate of drug-likeness (QED) is 0.834. The van der Waals surface area contributed by atoms with E-state index in [0.717, 1.165) is 3.57 Å². The average molecular weight is 363 g/mol. The molecule has 1 unspecified atom stereocenters. The smallest absolute Gasteiger partial charge is 0.242 e. The number of carbonyl (C=O) groups excluding carboxylic acids is 1. The number of hydrogen-bond donors (Lipinski definition) is 1. The Morgan fingerprint density at radius 2 is 2.18 bits per heavy atom. The van der Waals surface area contributed by atoms with Gasteiger partial charge in [0.15, 0.2) is 0 Å². The molecule has 17 heavy (non-hydrogen) atoms. The molecule has 1 aromatic rings. The molecule has 0 spiro atoms. The summed E-state index contributed by atoms with van der Waals surface area (Å²) < 4.78 is 0.992. The summed E-state index contributed by atoms with van der Waals surface area (Å²) in [5.41, 5.74) is 0.540. The second kappa shape index (κ2) is 6.22. The van der Waals surface area contributed by atoms with E-state index >= 15 is 0 Å². The van der Waals surface area contributed by atoms with Crippen LogP contribution in [0.5, 0.6) is 0 Å². The standard InChI is InChI=1S/C12H12ClIN2O/c1-7(2)9(6-15)12(17)16-11-4-3-8(14)5-10(11)13/h3-5,7,9H,1-2H3,(H,16,17). The van der Waals surface area contributed by atoms with Crippen LogP contribution in [0.2, 0.25) is 5.02 Å². The van der Waals surface area contributed by atoms with Crippen LogP contribution in [-0.4, -0.2) is 5.91 Å². The number of carbonyl (C=O) groups is 1.